The Balaban J connectivity index is 2.64. The molecule has 0 atom stereocenters. The topological polar surface area (TPSA) is 119 Å². The van der Waals surface area contributed by atoms with E-state index in [2.05, 4.69) is 10.6 Å². The molecule has 0 fully saturated rings. The molecule has 0 aliphatic heterocycles. The van der Waals surface area contributed by atoms with Crippen LogP contribution in [0.25, 0.3) is 0 Å². The van der Waals surface area contributed by atoms with Crippen LogP contribution >= 0.6 is 0 Å². The molecule has 6 N–H and O–H groups in total. The fraction of sp³-hybridized carbons (Fsp3) is 0.273. The number of nitrogens with one attached hydrogen (secondary N) is 2. The van der Waals surface area contributed by atoms with Gasteiger partial charge in [0.15, 0.2) is 0 Å². The van der Waals surface area contributed by atoms with Crippen LogP contribution in [-0.4, -0.2) is 32.1 Å². The number of benzene rings is 1. The van der Waals surface area contributed by atoms with Gasteiger partial charge < -0.3 is 26.8 Å². The standard InChI is InChI=1S/C11H16N4O3/c1-18-8-4-2-3-7(12)9(8)10(16)14-5-6-15-11(13)17/h2-4H,5-6,12H2,1H3,(H,14,16)(H3,13,15,17). The van der Waals surface area contributed by atoms with E-state index >= 15 is 0 Å². The van der Waals surface area contributed by atoms with Gasteiger partial charge in [0.1, 0.15) is 11.3 Å². The van der Waals surface area contributed by atoms with E-state index in [1.54, 1.807) is 18.2 Å². The summed E-state index contributed by atoms with van der Waals surface area (Å²) in [5, 5.41) is 4.96. The Hall–Kier alpha value is -2.44. The number of methoxy groups -OCH3 is 1. The Morgan fingerprint density at radius 2 is 1.94 bits per heavy atom. The molecule has 0 unspecified atom stereocenters. The molecule has 0 bridgehead atoms. The van der Waals surface area contributed by atoms with Crippen molar-refractivity contribution in [2.24, 2.45) is 5.73 Å². The van der Waals surface area contributed by atoms with E-state index in [9.17, 15) is 9.59 Å². The van der Waals surface area contributed by atoms with Crippen LogP contribution in [-0.2, 0) is 0 Å². The number of urea groups is 1. The van der Waals surface area contributed by atoms with E-state index in [1.807, 2.05) is 0 Å². The summed E-state index contributed by atoms with van der Waals surface area (Å²) >= 11 is 0. The number of primary amides is 1. The number of carbonyl (C=O) groups excluding carboxylic acids is 2. The highest BCUT2D eigenvalue weighted by molar-refractivity contribution is 6.01. The normalized spacial score (nSPS) is 9.61. The molecule has 3 amide bonds. The van der Waals surface area contributed by atoms with Crippen LogP contribution in [0.5, 0.6) is 5.75 Å². The summed E-state index contributed by atoms with van der Waals surface area (Å²) in [7, 11) is 1.46. The molecule has 1 aromatic rings. The van der Waals surface area contributed by atoms with Crippen LogP contribution in [0.2, 0.25) is 0 Å². The number of ether oxygens (including phenoxy) is 1. The van der Waals surface area contributed by atoms with E-state index in [1.165, 1.54) is 7.11 Å². The number of hydrogen-bond donors (Lipinski definition) is 4. The maximum atomic E-state index is 11.9. The van der Waals surface area contributed by atoms with E-state index < -0.39 is 6.03 Å². The lowest BCUT2D eigenvalue weighted by Gasteiger charge is -2.11. The zero-order valence-electron chi connectivity index (χ0n) is 10.0. The van der Waals surface area contributed by atoms with E-state index in [4.69, 9.17) is 16.2 Å². The third kappa shape index (κ3) is 3.55. The zero-order valence-corrected chi connectivity index (χ0v) is 10.0. The van der Waals surface area contributed by atoms with Crippen molar-refractivity contribution in [3.8, 4) is 5.75 Å². The van der Waals surface area contributed by atoms with Crippen LogP contribution < -0.4 is 26.8 Å². The first-order valence-electron chi connectivity index (χ1n) is 5.30. The van der Waals surface area contributed by atoms with Crippen molar-refractivity contribution in [2.45, 2.75) is 0 Å². The lowest BCUT2D eigenvalue weighted by Crippen LogP contribution is -2.37. The highest BCUT2D eigenvalue weighted by Gasteiger charge is 2.14. The second-order valence-electron chi connectivity index (χ2n) is 3.47. The first-order chi connectivity index (χ1) is 8.56. The Morgan fingerprint density at radius 3 is 2.56 bits per heavy atom. The number of nitrogen functional groups attached to an aromatic ring is 1. The lowest BCUT2D eigenvalue weighted by atomic mass is 10.1. The van der Waals surface area contributed by atoms with E-state index in [0.29, 0.717) is 11.4 Å². The minimum Gasteiger partial charge on any atom is -0.496 e. The van der Waals surface area contributed by atoms with Gasteiger partial charge in [-0.25, -0.2) is 4.79 Å². The number of nitrogens with two attached hydrogens (primary N) is 2. The molecule has 0 heterocycles. The van der Waals surface area contributed by atoms with E-state index in [0.717, 1.165) is 0 Å². The predicted octanol–water partition coefficient (Wildman–Crippen LogP) is -0.324. The van der Waals surface area contributed by atoms with Gasteiger partial charge in [0.25, 0.3) is 5.91 Å². The predicted molar refractivity (Wildman–Crippen MR) is 67.3 cm³/mol. The summed E-state index contributed by atoms with van der Waals surface area (Å²) in [4.78, 5) is 22.3. The average Bonchev–Trinajstić information content (AvgIpc) is 2.33. The first-order valence-corrected chi connectivity index (χ1v) is 5.30. The minimum absolute atomic E-state index is 0.246. The summed E-state index contributed by atoms with van der Waals surface area (Å²) in [5.41, 5.74) is 11.2. The molecular weight excluding hydrogens is 236 g/mol. The molecule has 1 rings (SSSR count). The monoisotopic (exact) mass is 252 g/mol. The van der Waals surface area contributed by atoms with Crippen LogP contribution in [0, 0.1) is 0 Å². The molecule has 0 aliphatic rings. The van der Waals surface area contributed by atoms with Crippen molar-refractivity contribution >= 4 is 17.6 Å². The molecule has 0 aromatic heterocycles. The highest BCUT2D eigenvalue weighted by Crippen LogP contribution is 2.23. The van der Waals surface area contributed by atoms with Crippen molar-refractivity contribution in [2.75, 3.05) is 25.9 Å². The summed E-state index contributed by atoms with van der Waals surface area (Å²) in [5.74, 6) is 0.0339. The Labute approximate surface area is 104 Å². The Bertz CT molecular complexity index is 448. The average molecular weight is 252 g/mol. The van der Waals surface area contributed by atoms with Crippen LogP contribution in [0.1, 0.15) is 10.4 Å². The van der Waals surface area contributed by atoms with Crippen molar-refractivity contribution in [3.63, 3.8) is 0 Å². The molecule has 18 heavy (non-hydrogen) atoms. The Morgan fingerprint density at radius 1 is 1.28 bits per heavy atom. The van der Waals surface area contributed by atoms with Gasteiger partial charge in [0.05, 0.1) is 7.11 Å². The molecular formula is C11H16N4O3. The minimum atomic E-state index is -0.638. The maximum absolute atomic E-state index is 11.9. The summed E-state index contributed by atoms with van der Waals surface area (Å²) < 4.78 is 5.06. The van der Waals surface area contributed by atoms with Crippen molar-refractivity contribution in [3.05, 3.63) is 23.8 Å². The number of anilines is 1. The molecule has 7 heteroatoms. The van der Waals surface area contributed by atoms with Gasteiger partial charge in [-0.15, -0.1) is 0 Å². The number of amides is 3. The SMILES string of the molecule is COc1cccc(N)c1C(=O)NCCNC(N)=O. The smallest absolute Gasteiger partial charge is 0.312 e. The fourth-order valence-corrected chi connectivity index (χ4v) is 1.41. The van der Waals surface area contributed by atoms with Crippen LogP contribution in [0.3, 0.4) is 0 Å². The first kappa shape index (κ1) is 13.6. The van der Waals surface area contributed by atoms with Crippen molar-refractivity contribution in [1.29, 1.82) is 0 Å². The van der Waals surface area contributed by atoms with Crippen LogP contribution in [0.4, 0.5) is 10.5 Å². The third-order valence-corrected chi connectivity index (χ3v) is 2.22. The van der Waals surface area contributed by atoms with Gasteiger partial charge in [0.2, 0.25) is 0 Å². The quantitative estimate of drug-likeness (QED) is 0.424. The molecule has 0 saturated heterocycles. The Kier molecular flexibility index (Phi) is 4.79. The number of rotatable bonds is 5. The van der Waals surface area contributed by atoms with Gasteiger partial charge in [0, 0.05) is 18.8 Å². The molecule has 0 saturated carbocycles. The second kappa shape index (κ2) is 6.33. The second-order valence-corrected chi connectivity index (χ2v) is 3.47. The van der Waals surface area contributed by atoms with Gasteiger partial charge in [-0.1, -0.05) is 6.07 Å². The fourth-order valence-electron chi connectivity index (χ4n) is 1.41. The lowest BCUT2D eigenvalue weighted by molar-refractivity contribution is 0.0952. The zero-order chi connectivity index (χ0) is 13.5. The largest absolute Gasteiger partial charge is 0.496 e. The van der Waals surface area contributed by atoms with Gasteiger partial charge in [-0.2, -0.15) is 0 Å². The molecule has 0 radical (unpaired) electrons. The van der Waals surface area contributed by atoms with E-state index in [-0.39, 0.29) is 24.6 Å². The van der Waals surface area contributed by atoms with Crippen molar-refractivity contribution < 1.29 is 14.3 Å². The molecule has 0 spiro atoms. The molecule has 98 valence electrons. The maximum Gasteiger partial charge on any atom is 0.312 e. The third-order valence-electron chi connectivity index (χ3n) is 2.22. The van der Waals surface area contributed by atoms with Gasteiger partial charge in [-0.3, -0.25) is 4.79 Å². The van der Waals surface area contributed by atoms with Crippen molar-refractivity contribution in [1.82, 2.24) is 10.6 Å². The highest BCUT2D eigenvalue weighted by atomic mass is 16.5. The van der Waals surface area contributed by atoms with Gasteiger partial charge in [-0.05, 0) is 12.1 Å². The van der Waals surface area contributed by atoms with Crippen LogP contribution in [0.15, 0.2) is 18.2 Å². The molecule has 1 aromatic carbocycles. The number of carbonyl (C=O) groups is 2. The summed E-state index contributed by atoms with van der Waals surface area (Å²) in [6, 6.07) is 4.31. The van der Waals surface area contributed by atoms with Gasteiger partial charge >= 0.3 is 6.03 Å². The summed E-state index contributed by atoms with van der Waals surface area (Å²) in [6.45, 7) is 0.495. The number of hydrogen-bond acceptors (Lipinski definition) is 4. The summed E-state index contributed by atoms with van der Waals surface area (Å²) in [6.07, 6.45) is 0. The molecule has 0 aliphatic carbocycles. The molecule has 7 nitrogen and oxygen atoms in total.